The lowest BCUT2D eigenvalue weighted by Crippen LogP contribution is -2.24. The molecule has 0 atom stereocenters. The van der Waals surface area contributed by atoms with Crippen molar-refractivity contribution < 1.29 is 0 Å². The van der Waals surface area contributed by atoms with Crippen LogP contribution in [0.2, 0.25) is 0 Å². The molecule has 0 amide bonds. The SMILES string of the molecule is Cc1cccc2c1CCCN2C. The highest BCUT2D eigenvalue weighted by atomic mass is 15.1. The molecule has 0 saturated carbocycles. The Balaban J connectivity index is 2.52. The maximum absolute atomic E-state index is 2.35. The number of rotatable bonds is 0. The second kappa shape index (κ2) is 2.81. The highest BCUT2D eigenvalue weighted by molar-refractivity contribution is 5.57. The molecule has 1 aromatic rings. The molecular formula is C11H15N. The smallest absolute Gasteiger partial charge is 0.0398 e. The van der Waals surface area contributed by atoms with Crippen LogP contribution in [0.15, 0.2) is 18.2 Å². The number of hydrogen-bond acceptors (Lipinski definition) is 1. The van der Waals surface area contributed by atoms with Crippen LogP contribution in [0.25, 0.3) is 0 Å². The highest BCUT2D eigenvalue weighted by Gasteiger charge is 2.13. The van der Waals surface area contributed by atoms with Crippen LogP contribution in [0.5, 0.6) is 0 Å². The van der Waals surface area contributed by atoms with Crippen LogP contribution >= 0.6 is 0 Å². The van der Waals surface area contributed by atoms with Gasteiger partial charge in [0, 0.05) is 19.3 Å². The quantitative estimate of drug-likeness (QED) is 0.564. The Bertz CT molecular complexity index is 291. The summed E-state index contributed by atoms with van der Waals surface area (Å²) in [4.78, 5) is 2.35. The van der Waals surface area contributed by atoms with E-state index in [9.17, 15) is 0 Å². The minimum absolute atomic E-state index is 1.20. The van der Waals surface area contributed by atoms with Crippen molar-refractivity contribution in [3.8, 4) is 0 Å². The molecule has 1 aromatic carbocycles. The zero-order valence-electron chi connectivity index (χ0n) is 7.80. The lowest BCUT2D eigenvalue weighted by atomic mass is 9.98. The number of benzene rings is 1. The predicted octanol–water partition coefficient (Wildman–Crippen LogP) is 2.38. The summed E-state index contributed by atoms with van der Waals surface area (Å²) >= 11 is 0. The van der Waals surface area contributed by atoms with Crippen molar-refractivity contribution >= 4 is 5.69 Å². The number of nitrogens with zero attached hydrogens (tertiary/aromatic N) is 1. The fourth-order valence-corrected chi connectivity index (χ4v) is 1.98. The molecule has 1 aliphatic heterocycles. The van der Waals surface area contributed by atoms with E-state index in [-0.39, 0.29) is 0 Å². The molecule has 0 aliphatic carbocycles. The lowest BCUT2D eigenvalue weighted by Gasteiger charge is -2.28. The molecule has 12 heavy (non-hydrogen) atoms. The van der Waals surface area contributed by atoms with Crippen molar-refractivity contribution in [3.63, 3.8) is 0 Å². The second-order valence-corrected chi connectivity index (χ2v) is 3.60. The molecule has 0 bridgehead atoms. The van der Waals surface area contributed by atoms with E-state index in [1.165, 1.54) is 30.6 Å². The van der Waals surface area contributed by atoms with E-state index in [2.05, 4.69) is 37.1 Å². The Morgan fingerprint density at radius 1 is 1.33 bits per heavy atom. The van der Waals surface area contributed by atoms with Crippen LogP contribution in [0.3, 0.4) is 0 Å². The first-order valence-electron chi connectivity index (χ1n) is 4.58. The Morgan fingerprint density at radius 3 is 2.92 bits per heavy atom. The summed E-state index contributed by atoms with van der Waals surface area (Å²) < 4.78 is 0. The largest absolute Gasteiger partial charge is 0.374 e. The molecule has 0 radical (unpaired) electrons. The summed E-state index contributed by atoms with van der Waals surface area (Å²) in [6.45, 7) is 3.41. The number of fused-ring (bicyclic) bond motifs is 1. The van der Waals surface area contributed by atoms with Crippen LogP contribution in [-0.2, 0) is 6.42 Å². The third kappa shape index (κ3) is 1.09. The van der Waals surface area contributed by atoms with Crippen LogP contribution in [0.4, 0.5) is 5.69 Å². The molecule has 1 aliphatic rings. The van der Waals surface area contributed by atoms with Crippen LogP contribution in [0, 0.1) is 6.92 Å². The molecule has 1 nitrogen and oxygen atoms in total. The molecule has 0 unspecified atom stereocenters. The molecule has 0 fully saturated rings. The Labute approximate surface area is 74.0 Å². The monoisotopic (exact) mass is 161 g/mol. The molecule has 1 heteroatoms. The van der Waals surface area contributed by atoms with Crippen molar-refractivity contribution in [2.24, 2.45) is 0 Å². The maximum atomic E-state index is 2.35. The van der Waals surface area contributed by atoms with E-state index < -0.39 is 0 Å². The number of anilines is 1. The van der Waals surface area contributed by atoms with Crippen LogP contribution < -0.4 is 4.90 Å². The average Bonchev–Trinajstić information content (AvgIpc) is 2.07. The summed E-state index contributed by atoms with van der Waals surface area (Å²) in [7, 11) is 2.18. The van der Waals surface area contributed by atoms with Gasteiger partial charge in [-0.25, -0.2) is 0 Å². The maximum Gasteiger partial charge on any atom is 0.0398 e. The van der Waals surface area contributed by atoms with Crippen molar-refractivity contribution in [3.05, 3.63) is 29.3 Å². The van der Waals surface area contributed by atoms with Gasteiger partial charge in [-0.1, -0.05) is 12.1 Å². The zero-order valence-corrected chi connectivity index (χ0v) is 7.80. The molecule has 2 rings (SSSR count). The Kier molecular flexibility index (Phi) is 1.80. The molecule has 0 aromatic heterocycles. The minimum Gasteiger partial charge on any atom is -0.374 e. The van der Waals surface area contributed by atoms with Gasteiger partial charge in [0.25, 0.3) is 0 Å². The van der Waals surface area contributed by atoms with Gasteiger partial charge < -0.3 is 4.90 Å². The van der Waals surface area contributed by atoms with E-state index in [0.717, 1.165) is 0 Å². The fourth-order valence-electron chi connectivity index (χ4n) is 1.98. The topological polar surface area (TPSA) is 3.24 Å². The summed E-state index contributed by atoms with van der Waals surface area (Å²) in [6.07, 6.45) is 2.56. The van der Waals surface area contributed by atoms with Crippen molar-refractivity contribution in [1.29, 1.82) is 0 Å². The summed E-state index contributed by atoms with van der Waals surface area (Å²) in [6, 6.07) is 6.58. The lowest BCUT2D eigenvalue weighted by molar-refractivity contribution is 0.740. The third-order valence-corrected chi connectivity index (χ3v) is 2.72. The molecule has 64 valence electrons. The van der Waals surface area contributed by atoms with Crippen molar-refractivity contribution in [2.75, 3.05) is 18.5 Å². The zero-order chi connectivity index (χ0) is 8.55. The fraction of sp³-hybridized carbons (Fsp3) is 0.455. The van der Waals surface area contributed by atoms with Crippen molar-refractivity contribution in [1.82, 2.24) is 0 Å². The van der Waals surface area contributed by atoms with E-state index in [4.69, 9.17) is 0 Å². The highest BCUT2D eigenvalue weighted by Crippen LogP contribution is 2.27. The minimum atomic E-state index is 1.20. The molecule has 1 heterocycles. The summed E-state index contributed by atoms with van der Waals surface area (Å²) in [5.41, 5.74) is 4.42. The number of aryl methyl sites for hydroxylation is 1. The number of hydrogen-bond donors (Lipinski definition) is 0. The van der Waals surface area contributed by atoms with Gasteiger partial charge in [0.2, 0.25) is 0 Å². The van der Waals surface area contributed by atoms with Gasteiger partial charge >= 0.3 is 0 Å². The summed E-state index contributed by atoms with van der Waals surface area (Å²) in [5.74, 6) is 0. The normalized spacial score (nSPS) is 16.0. The van der Waals surface area contributed by atoms with Crippen LogP contribution in [0.1, 0.15) is 17.5 Å². The first-order chi connectivity index (χ1) is 5.79. The Hall–Kier alpha value is -0.980. The van der Waals surface area contributed by atoms with Gasteiger partial charge in [-0.2, -0.15) is 0 Å². The Morgan fingerprint density at radius 2 is 2.17 bits per heavy atom. The van der Waals surface area contributed by atoms with Gasteiger partial charge in [0.05, 0.1) is 0 Å². The van der Waals surface area contributed by atoms with E-state index in [1.807, 2.05) is 0 Å². The van der Waals surface area contributed by atoms with E-state index >= 15 is 0 Å². The molecular weight excluding hydrogens is 146 g/mol. The molecule has 0 spiro atoms. The summed E-state index contributed by atoms with van der Waals surface area (Å²) in [5, 5.41) is 0. The van der Waals surface area contributed by atoms with E-state index in [1.54, 1.807) is 5.56 Å². The second-order valence-electron chi connectivity index (χ2n) is 3.60. The first kappa shape index (κ1) is 7.66. The van der Waals surface area contributed by atoms with Crippen LogP contribution in [-0.4, -0.2) is 13.6 Å². The molecule has 0 saturated heterocycles. The van der Waals surface area contributed by atoms with Gasteiger partial charge in [-0.05, 0) is 37.0 Å². The van der Waals surface area contributed by atoms with Crippen molar-refractivity contribution in [2.45, 2.75) is 19.8 Å². The first-order valence-corrected chi connectivity index (χ1v) is 4.58. The van der Waals surface area contributed by atoms with Gasteiger partial charge in [0.15, 0.2) is 0 Å². The predicted molar refractivity (Wildman–Crippen MR) is 52.8 cm³/mol. The average molecular weight is 161 g/mol. The standard InChI is InChI=1S/C11H15N/c1-9-5-3-7-11-10(9)6-4-8-12(11)2/h3,5,7H,4,6,8H2,1-2H3. The van der Waals surface area contributed by atoms with Gasteiger partial charge in [-0.3, -0.25) is 0 Å². The van der Waals surface area contributed by atoms with E-state index in [0.29, 0.717) is 0 Å². The third-order valence-electron chi connectivity index (χ3n) is 2.72. The molecule has 0 N–H and O–H groups in total. The van der Waals surface area contributed by atoms with Gasteiger partial charge in [0.1, 0.15) is 0 Å². The van der Waals surface area contributed by atoms with Gasteiger partial charge in [-0.15, -0.1) is 0 Å².